The van der Waals surface area contributed by atoms with Crippen molar-refractivity contribution < 1.29 is 0 Å². The third-order valence-corrected chi connectivity index (χ3v) is 2.24. The lowest BCUT2D eigenvalue weighted by Crippen LogP contribution is -1.96. The molecule has 0 saturated heterocycles. The summed E-state index contributed by atoms with van der Waals surface area (Å²) in [6.07, 6.45) is 3.55. The van der Waals surface area contributed by atoms with E-state index in [9.17, 15) is 0 Å². The quantitative estimate of drug-likeness (QED) is 0.777. The standard InChI is InChI=1S/C12H14N4/c1-9-3-5-11(6-4-9)7-14-16-8-10(2)15-12(16)13/h3-8H,1-2H3,(H2,13,15)/b14-7-. The highest BCUT2D eigenvalue weighted by molar-refractivity contribution is 5.79. The van der Waals surface area contributed by atoms with E-state index in [4.69, 9.17) is 5.73 Å². The molecule has 0 aliphatic heterocycles. The van der Waals surface area contributed by atoms with E-state index in [-0.39, 0.29) is 0 Å². The van der Waals surface area contributed by atoms with Crippen LogP contribution in [0.2, 0.25) is 0 Å². The summed E-state index contributed by atoms with van der Waals surface area (Å²) in [6.45, 7) is 3.94. The van der Waals surface area contributed by atoms with E-state index in [1.165, 1.54) is 5.56 Å². The molecule has 1 heterocycles. The lowest BCUT2D eigenvalue weighted by molar-refractivity contribution is 0.897. The molecule has 0 saturated carbocycles. The molecule has 0 bridgehead atoms. The molecule has 0 fully saturated rings. The van der Waals surface area contributed by atoms with Crippen LogP contribution in [0.25, 0.3) is 0 Å². The van der Waals surface area contributed by atoms with Crippen LogP contribution in [0.1, 0.15) is 16.8 Å². The second kappa shape index (κ2) is 4.18. The average molecular weight is 214 g/mol. The van der Waals surface area contributed by atoms with Crippen LogP contribution in [-0.2, 0) is 0 Å². The topological polar surface area (TPSA) is 56.2 Å². The lowest BCUT2D eigenvalue weighted by Gasteiger charge is -1.96. The van der Waals surface area contributed by atoms with E-state index in [0.29, 0.717) is 5.95 Å². The van der Waals surface area contributed by atoms with Gasteiger partial charge in [-0.25, -0.2) is 9.66 Å². The van der Waals surface area contributed by atoms with Gasteiger partial charge >= 0.3 is 0 Å². The molecule has 2 rings (SSSR count). The number of rotatable bonds is 2. The Balaban J connectivity index is 2.21. The third kappa shape index (κ3) is 2.28. The molecular weight excluding hydrogens is 200 g/mol. The smallest absolute Gasteiger partial charge is 0.221 e. The predicted molar refractivity (Wildman–Crippen MR) is 65.5 cm³/mol. The normalized spacial score (nSPS) is 11.1. The number of nitrogen functional groups attached to an aromatic ring is 1. The Labute approximate surface area is 94.4 Å². The van der Waals surface area contributed by atoms with Crippen molar-refractivity contribution in [1.29, 1.82) is 0 Å². The summed E-state index contributed by atoms with van der Waals surface area (Å²) in [5.74, 6) is 0.404. The minimum absolute atomic E-state index is 0.404. The van der Waals surface area contributed by atoms with Gasteiger partial charge in [-0.3, -0.25) is 0 Å². The van der Waals surface area contributed by atoms with Crippen molar-refractivity contribution in [2.75, 3.05) is 5.73 Å². The van der Waals surface area contributed by atoms with Crippen LogP contribution >= 0.6 is 0 Å². The molecule has 16 heavy (non-hydrogen) atoms. The molecular formula is C12H14N4. The molecule has 0 atom stereocenters. The molecule has 0 radical (unpaired) electrons. The summed E-state index contributed by atoms with van der Waals surface area (Å²) >= 11 is 0. The molecule has 1 aromatic carbocycles. The fourth-order valence-corrected chi connectivity index (χ4v) is 1.38. The Morgan fingerprint density at radius 1 is 1.25 bits per heavy atom. The zero-order chi connectivity index (χ0) is 11.5. The Bertz CT molecular complexity index is 508. The predicted octanol–water partition coefficient (Wildman–Crippen LogP) is 1.96. The molecule has 1 aromatic heterocycles. The van der Waals surface area contributed by atoms with Gasteiger partial charge in [-0.2, -0.15) is 5.10 Å². The number of nitrogens with two attached hydrogens (primary N) is 1. The van der Waals surface area contributed by atoms with E-state index < -0.39 is 0 Å². The van der Waals surface area contributed by atoms with Crippen LogP contribution < -0.4 is 5.73 Å². The zero-order valence-electron chi connectivity index (χ0n) is 9.38. The van der Waals surface area contributed by atoms with Crippen molar-refractivity contribution >= 4 is 12.2 Å². The van der Waals surface area contributed by atoms with Crippen LogP contribution in [-0.4, -0.2) is 15.9 Å². The second-order valence-electron chi connectivity index (χ2n) is 3.74. The number of aryl methyl sites for hydroxylation is 2. The molecule has 0 aliphatic carbocycles. The van der Waals surface area contributed by atoms with E-state index in [0.717, 1.165) is 11.3 Å². The van der Waals surface area contributed by atoms with Gasteiger partial charge in [0.15, 0.2) is 0 Å². The molecule has 82 valence electrons. The minimum Gasteiger partial charge on any atom is -0.368 e. The number of imidazole rings is 1. The van der Waals surface area contributed by atoms with Crippen LogP contribution in [0, 0.1) is 13.8 Å². The molecule has 4 nitrogen and oxygen atoms in total. The number of hydrogen-bond acceptors (Lipinski definition) is 3. The lowest BCUT2D eigenvalue weighted by atomic mass is 10.2. The Morgan fingerprint density at radius 3 is 2.50 bits per heavy atom. The van der Waals surface area contributed by atoms with E-state index >= 15 is 0 Å². The van der Waals surface area contributed by atoms with Crippen molar-refractivity contribution in [1.82, 2.24) is 9.66 Å². The Morgan fingerprint density at radius 2 is 1.94 bits per heavy atom. The fraction of sp³-hybridized carbons (Fsp3) is 0.167. The number of hydrogen-bond donors (Lipinski definition) is 1. The highest BCUT2D eigenvalue weighted by Gasteiger charge is 1.97. The maximum Gasteiger partial charge on any atom is 0.221 e. The zero-order valence-corrected chi connectivity index (χ0v) is 9.38. The third-order valence-electron chi connectivity index (χ3n) is 2.24. The first-order valence-corrected chi connectivity index (χ1v) is 5.07. The van der Waals surface area contributed by atoms with Crippen molar-refractivity contribution in [3.05, 3.63) is 47.3 Å². The highest BCUT2D eigenvalue weighted by Crippen LogP contribution is 2.04. The summed E-state index contributed by atoms with van der Waals surface area (Å²) in [7, 11) is 0. The van der Waals surface area contributed by atoms with Gasteiger partial charge in [-0.1, -0.05) is 29.8 Å². The van der Waals surface area contributed by atoms with Crippen molar-refractivity contribution in [3.63, 3.8) is 0 Å². The molecule has 0 aliphatic rings. The van der Waals surface area contributed by atoms with Crippen molar-refractivity contribution in [2.24, 2.45) is 5.10 Å². The van der Waals surface area contributed by atoms with E-state index in [1.807, 2.05) is 31.2 Å². The second-order valence-corrected chi connectivity index (χ2v) is 3.74. The summed E-state index contributed by atoms with van der Waals surface area (Å²) in [6, 6.07) is 8.12. The number of nitrogens with zero attached hydrogens (tertiary/aromatic N) is 3. The first kappa shape index (κ1) is 10.4. The SMILES string of the molecule is Cc1ccc(/C=N\n2cc(C)nc2N)cc1. The summed E-state index contributed by atoms with van der Waals surface area (Å²) in [4.78, 5) is 4.06. The van der Waals surface area contributed by atoms with E-state index in [1.54, 1.807) is 17.1 Å². The number of aromatic nitrogens is 2. The monoisotopic (exact) mass is 214 g/mol. The number of anilines is 1. The van der Waals surface area contributed by atoms with Gasteiger partial charge in [0.1, 0.15) is 0 Å². The van der Waals surface area contributed by atoms with Crippen LogP contribution in [0.15, 0.2) is 35.6 Å². The van der Waals surface area contributed by atoms with Crippen molar-refractivity contribution in [3.8, 4) is 0 Å². The van der Waals surface area contributed by atoms with Gasteiger partial charge in [0.2, 0.25) is 5.95 Å². The van der Waals surface area contributed by atoms with Crippen LogP contribution in [0.5, 0.6) is 0 Å². The average Bonchev–Trinajstić information content (AvgIpc) is 2.57. The first-order valence-electron chi connectivity index (χ1n) is 5.07. The maximum atomic E-state index is 5.67. The molecule has 2 N–H and O–H groups in total. The van der Waals surface area contributed by atoms with Crippen molar-refractivity contribution in [2.45, 2.75) is 13.8 Å². The molecule has 0 unspecified atom stereocenters. The minimum atomic E-state index is 0.404. The van der Waals surface area contributed by atoms with Gasteiger partial charge < -0.3 is 5.73 Å². The van der Waals surface area contributed by atoms with Gasteiger partial charge in [-0.05, 0) is 19.4 Å². The van der Waals surface area contributed by atoms with Crippen LogP contribution in [0.3, 0.4) is 0 Å². The number of benzene rings is 1. The van der Waals surface area contributed by atoms with Gasteiger partial charge in [0.25, 0.3) is 0 Å². The Kier molecular flexibility index (Phi) is 2.72. The van der Waals surface area contributed by atoms with Gasteiger partial charge in [0.05, 0.1) is 18.1 Å². The van der Waals surface area contributed by atoms with Gasteiger partial charge in [0, 0.05) is 0 Å². The summed E-state index contributed by atoms with van der Waals surface area (Å²) in [5.41, 5.74) is 8.80. The van der Waals surface area contributed by atoms with Gasteiger partial charge in [-0.15, -0.1) is 0 Å². The van der Waals surface area contributed by atoms with Crippen LogP contribution in [0.4, 0.5) is 5.95 Å². The molecule has 0 spiro atoms. The Hall–Kier alpha value is -2.10. The largest absolute Gasteiger partial charge is 0.368 e. The molecule has 2 aromatic rings. The molecule has 0 amide bonds. The first-order chi connectivity index (χ1) is 7.65. The maximum absolute atomic E-state index is 5.67. The molecule has 4 heteroatoms. The van der Waals surface area contributed by atoms with E-state index in [2.05, 4.69) is 17.0 Å². The summed E-state index contributed by atoms with van der Waals surface area (Å²) in [5, 5.41) is 4.23. The fourth-order valence-electron chi connectivity index (χ4n) is 1.38. The highest BCUT2D eigenvalue weighted by atomic mass is 15.4. The summed E-state index contributed by atoms with van der Waals surface area (Å²) < 4.78 is 1.56.